The van der Waals surface area contributed by atoms with E-state index in [1.807, 2.05) is 26.8 Å². The summed E-state index contributed by atoms with van der Waals surface area (Å²) in [6.45, 7) is 8.69. The number of alkyl halides is 3. The number of aryl methyl sites for hydroxylation is 3. The zero-order valence-electron chi connectivity index (χ0n) is 23.4. The lowest BCUT2D eigenvalue weighted by Gasteiger charge is -2.28. The number of pyridine rings is 1. The van der Waals surface area contributed by atoms with Gasteiger partial charge in [0, 0.05) is 29.9 Å². The predicted molar refractivity (Wildman–Crippen MR) is 152 cm³/mol. The molecule has 2 amide bonds. The molecule has 13 heteroatoms. The molecule has 4 rings (SSSR count). The molecule has 0 aliphatic carbocycles. The number of rotatable bonds is 8. The number of aromatic amines is 1. The van der Waals surface area contributed by atoms with Crippen molar-refractivity contribution >= 4 is 40.4 Å². The van der Waals surface area contributed by atoms with Crippen molar-refractivity contribution in [3.8, 4) is 11.3 Å². The summed E-state index contributed by atoms with van der Waals surface area (Å²) in [5, 5.41) is 9.86. The Balaban J connectivity index is 0.00000147. The van der Waals surface area contributed by atoms with Gasteiger partial charge in [0.2, 0.25) is 12.3 Å². The Morgan fingerprint density at radius 2 is 1.88 bits per heavy atom. The number of H-pyrrole nitrogens is 1. The molecule has 0 spiro atoms. The van der Waals surface area contributed by atoms with Crippen molar-refractivity contribution in [1.29, 1.82) is 0 Å². The molecule has 0 fully saturated rings. The second-order valence-corrected chi connectivity index (χ2v) is 9.13. The van der Waals surface area contributed by atoms with Crippen LogP contribution in [0.25, 0.3) is 22.2 Å². The fourth-order valence-electron chi connectivity index (χ4n) is 4.26. The highest BCUT2D eigenvalue weighted by atomic mass is 19.4. The van der Waals surface area contributed by atoms with Crippen molar-refractivity contribution in [2.24, 2.45) is 0 Å². The Kier molecular flexibility index (Phi) is 9.76. The van der Waals surface area contributed by atoms with E-state index in [-0.39, 0.29) is 0 Å². The van der Waals surface area contributed by atoms with Crippen LogP contribution in [0.3, 0.4) is 0 Å². The summed E-state index contributed by atoms with van der Waals surface area (Å²) in [4.78, 5) is 40.4. The van der Waals surface area contributed by atoms with Gasteiger partial charge in [0.05, 0.1) is 35.2 Å². The van der Waals surface area contributed by atoms with Crippen LogP contribution in [-0.4, -0.2) is 63.8 Å². The lowest BCUT2D eigenvalue weighted by Crippen LogP contribution is -2.41. The van der Waals surface area contributed by atoms with Crippen molar-refractivity contribution in [1.82, 2.24) is 30.5 Å². The maximum Gasteiger partial charge on any atom is 0.405 e. The highest BCUT2D eigenvalue weighted by Crippen LogP contribution is 2.37. The molecule has 216 valence electrons. The van der Waals surface area contributed by atoms with E-state index in [9.17, 15) is 22.8 Å². The molecule has 10 nitrogen and oxygen atoms in total. The zero-order valence-corrected chi connectivity index (χ0v) is 23.4. The van der Waals surface area contributed by atoms with Gasteiger partial charge in [-0.25, -0.2) is 9.97 Å². The number of halogens is 3. The Bertz CT molecular complexity index is 1550. The summed E-state index contributed by atoms with van der Waals surface area (Å²) in [5.41, 5.74) is 5.16. The first-order valence-electron chi connectivity index (χ1n) is 12.5. The Hall–Kier alpha value is -4.81. The van der Waals surface area contributed by atoms with Gasteiger partial charge in [-0.15, -0.1) is 6.58 Å². The maximum absolute atomic E-state index is 12.5. The topological polar surface area (TPSA) is 120 Å². The number of carbonyl (C=O) groups excluding carboxylic acids is 2. The Morgan fingerprint density at radius 3 is 2.51 bits per heavy atom. The predicted octanol–water partition coefficient (Wildman–Crippen LogP) is 4.94. The van der Waals surface area contributed by atoms with Gasteiger partial charge in [0.15, 0.2) is 5.82 Å². The van der Waals surface area contributed by atoms with Crippen LogP contribution in [0.15, 0.2) is 49.4 Å². The smallest absolute Gasteiger partial charge is 0.345 e. The molecule has 0 unspecified atom stereocenters. The summed E-state index contributed by atoms with van der Waals surface area (Å²) in [5.74, 6) is -0.456. The molecule has 0 saturated heterocycles. The third kappa shape index (κ3) is 7.24. The highest BCUT2D eigenvalue weighted by molar-refractivity contribution is 5.95. The number of benzene rings is 1. The van der Waals surface area contributed by atoms with Crippen LogP contribution < -0.4 is 15.1 Å². The van der Waals surface area contributed by atoms with E-state index in [1.165, 1.54) is 0 Å². The molecule has 0 bridgehead atoms. The average Bonchev–Trinajstić information content (AvgIpc) is 3.31. The van der Waals surface area contributed by atoms with E-state index in [4.69, 9.17) is 4.98 Å². The number of amides is 2. The van der Waals surface area contributed by atoms with Crippen molar-refractivity contribution in [2.75, 3.05) is 29.9 Å². The lowest BCUT2D eigenvalue weighted by molar-refractivity contribution is -0.137. The number of allylic oxidation sites excluding steroid dienone is 1. The molecule has 41 heavy (non-hydrogen) atoms. The molecule has 1 aromatic carbocycles. The molecule has 0 atom stereocenters. The van der Waals surface area contributed by atoms with Gasteiger partial charge in [0.25, 0.3) is 0 Å². The van der Waals surface area contributed by atoms with Crippen molar-refractivity contribution in [2.45, 2.75) is 33.9 Å². The van der Waals surface area contributed by atoms with Gasteiger partial charge < -0.3 is 15.1 Å². The van der Waals surface area contributed by atoms with Gasteiger partial charge in [-0.2, -0.15) is 18.3 Å². The average molecular weight is 569 g/mol. The van der Waals surface area contributed by atoms with Gasteiger partial charge in [-0.05, 0) is 39.3 Å². The largest absolute Gasteiger partial charge is 0.405 e. The van der Waals surface area contributed by atoms with Gasteiger partial charge in [-0.1, -0.05) is 18.2 Å². The van der Waals surface area contributed by atoms with Crippen LogP contribution in [0, 0.1) is 20.8 Å². The first-order chi connectivity index (χ1) is 19.4. The fraction of sp³-hybridized carbons (Fsp3) is 0.286. The molecule has 0 aliphatic heterocycles. The van der Waals surface area contributed by atoms with Crippen LogP contribution in [0.4, 0.5) is 30.4 Å². The monoisotopic (exact) mass is 568 g/mol. The van der Waals surface area contributed by atoms with E-state index < -0.39 is 25.2 Å². The van der Waals surface area contributed by atoms with Crippen LogP contribution >= 0.6 is 0 Å². The molecular weight excluding hydrogens is 537 g/mol. The third-order valence-corrected chi connectivity index (χ3v) is 5.95. The van der Waals surface area contributed by atoms with Crippen molar-refractivity contribution < 1.29 is 22.8 Å². The number of nitrogens with one attached hydrogen (secondary N) is 2. The number of hydrogen-bond acceptors (Lipinski definition) is 7. The fourth-order valence-corrected chi connectivity index (χ4v) is 4.26. The van der Waals surface area contributed by atoms with Gasteiger partial charge in [0.1, 0.15) is 18.6 Å². The maximum atomic E-state index is 12.5. The minimum absolute atomic E-state index is 0.331. The minimum atomic E-state index is -4.56. The van der Waals surface area contributed by atoms with E-state index in [0.717, 1.165) is 27.1 Å². The van der Waals surface area contributed by atoms with Crippen molar-refractivity contribution in [3.05, 3.63) is 66.4 Å². The second-order valence-electron chi connectivity index (χ2n) is 9.13. The Morgan fingerprint density at radius 1 is 1.17 bits per heavy atom. The van der Waals surface area contributed by atoms with Crippen LogP contribution in [0.2, 0.25) is 0 Å². The van der Waals surface area contributed by atoms with Gasteiger partial charge in [-0.3, -0.25) is 19.7 Å². The summed E-state index contributed by atoms with van der Waals surface area (Å²) in [6, 6.07) is 5.11. The molecule has 3 heterocycles. The first-order valence-corrected chi connectivity index (χ1v) is 12.5. The molecule has 0 aliphatic rings. The first kappa shape index (κ1) is 30.7. The molecule has 3 aromatic heterocycles. The normalized spacial score (nSPS) is 10.9. The molecular formula is C28H31F3N8O2. The zero-order chi connectivity index (χ0) is 30.3. The number of hydrogen-bond donors (Lipinski definition) is 2. The van der Waals surface area contributed by atoms with Crippen LogP contribution in [-0.2, 0) is 9.59 Å². The van der Waals surface area contributed by atoms with E-state index in [1.54, 1.807) is 61.0 Å². The quantitative estimate of drug-likeness (QED) is 0.228. The third-order valence-electron chi connectivity index (χ3n) is 5.95. The van der Waals surface area contributed by atoms with E-state index >= 15 is 0 Å². The summed E-state index contributed by atoms with van der Waals surface area (Å²) < 4.78 is 37.5. The summed E-state index contributed by atoms with van der Waals surface area (Å²) in [7, 11) is 1.73. The van der Waals surface area contributed by atoms with E-state index in [2.05, 4.69) is 26.7 Å². The number of nitrogens with zero attached hydrogens (tertiary/aromatic N) is 6. The van der Waals surface area contributed by atoms with Crippen molar-refractivity contribution in [3.63, 3.8) is 0 Å². The van der Waals surface area contributed by atoms with E-state index in [0.29, 0.717) is 40.5 Å². The Labute approximate surface area is 235 Å². The number of aromatic nitrogens is 5. The SMILES string of the molecule is C=CC.Cc1cccc(N(C=O)CC(=O)NCC(F)(F)F)c1N(C)c1ncc(-c2cncc3n[nH]c(C)c23)nc1C. The number of fused-ring (bicyclic) bond motifs is 1. The summed E-state index contributed by atoms with van der Waals surface area (Å²) >= 11 is 0. The van der Waals surface area contributed by atoms with Gasteiger partial charge >= 0.3 is 6.18 Å². The molecule has 0 saturated carbocycles. The highest BCUT2D eigenvalue weighted by Gasteiger charge is 2.28. The lowest BCUT2D eigenvalue weighted by atomic mass is 10.1. The minimum Gasteiger partial charge on any atom is -0.345 e. The molecule has 4 aromatic rings. The second kappa shape index (κ2) is 13.0. The summed E-state index contributed by atoms with van der Waals surface area (Å²) in [6.07, 6.45) is 2.57. The number of anilines is 3. The molecule has 2 N–H and O–H groups in total. The van der Waals surface area contributed by atoms with Crippen LogP contribution in [0.1, 0.15) is 23.9 Å². The number of para-hydroxylation sites is 1. The standard InChI is InChI=1S/C25H25F3N8O2.C3H6/c1-14-6-5-7-20(36(13-37)11-21(38)31-12-25(26,27)28)23(14)35(4)24-16(3)32-18(10-30-24)17-8-29-9-19-22(17)15(2)33-34-19;1-3-2/h5-10,13H,11-12H2,1-4H3,(H,31,38)(H,33,34);3H,1H2,2H3. The molecule has 0 radical (unpaired) electrons. The number of carbonyl (C=O) groups is 2. The van der Waals surface area contributed by atoms with Crippen LogP contribution in [0.5, 0.6) is 0 Å².